The molecule has 7 nitrogen and oxygen atoms in total. The number of aliphatic carboxylic acids is 1. The highest BCUT2D eigenvalue weighted by molar-refractivity contribution is 6.31. The molecule has 168 valence electrons. The Morgan fingerprint density at radius 2 is 1.82 bits per heavy atom. The predicted molar refractivity (Wildman–Crippen MR) is 126 cm³/mol. The molecule has 1 aliphatic rings. The van der Waals surface area contributed by atoms with Gasteiger partial charge in [0.15, 0.2) is 0 Å². The number of rotatable bonds is 6. The van der Waals surface area contributed by atoms with E-state index in [1.807, 2.05) is 42.5 Å². The molecule has 1 aromatic carbocycles. The molecule has 8 heteroatoms. The second-order valence-corrected chi connectivity index (χ2v) is 8.86. The summed E-state index contributed by atoms with van der Waals surface area (Å²) in [5.41, 5.74) is 4.34. The Morgan fingerprint density at radius 1 is 1.03 bits per heavy atom. The van der Waals surface area contributed by atoms with Crippen LogP contribution in [-0.4, -0.2) is 37.1 Å². The molecule has 3 heterocycles. The largest absolute Gasteiger partial charge is 0.481 e. The van der Waals surface area contributed by atoms with Gasteiger partial charge in [-0.2, -0.15) is 0 Å². The lowest BCUT2D eigenvalue weighted by Crippen LogP contribution is -2.25. The van der Waals surface area contributed by atoms with Crippen molar-refractivity contribution < 1.29 is 14.6 Å². The van der Waals surface area contributed by atoms with Crippen LogP contribution in [0, 0.1) is 5.92 Å². The number of fused-ring (bicyclic) bond motifs is 1. The van der Waals surface area contributed by atoms with Crippen LogP contribution in [0.3, 0.4) is 0 Å². The topological polar surface area (TPSA) is 101 Å². The molecule has 0 saturated heterocycles. The van der Waals surface area contributed by atoms with Crippen LogP contribution in [-0.2, 0) is 4.79 Å². The molecule has 1 saturated carbocycles. The maximum atomic E-state index is 10.9. The Hall–Kier alpha value is -3.45. The first-order valence-corrected chi connectivity index (χ1v) is 11.4. The molecule has 4 aromatic rings. The van der Waals surface area contributed by atoms with Crippen LogP contribution in [0.25, 0.3) is 33.7 Å². The van der Waals surface area contributed by atoms with Crippen molar-refractivity contribution in [2.75, 3.05) is 0 Å². The lowest BCUT2D eigenvalue weighted by atomic mass is 9.85. The van der Waals surface area contributed by atoms with Crippen LogP contribution in [0.2, 0.25) is 5.02 Å². The first-order chi connectivity index (χ1) is 16.0. The van der Waals surface area contributed by atoms with E-state index in [0.29, 0.717) is 10.9 Å². The molecule has 0 unspecified atom stereocenters. The van der Waals surface area contributed by atoms with Gasteiger partial charge in [0.05, 0.1) is 16.7 Å². The minimum Gasteiger partial charge on any atom is -0.481 e. The van der Waals surface area contributed by atoms with Gasteiger partial charge in [0.2, 0.25) is 5.88 Å². The summed E-state index contributed by atoms with van der Waals surface area (Å²) in [6, 6.07) is 13.3. The van der Waals surface area contributed by atoms with Crippen LogP contribution < -0.4 is 4.74 Å². The number of aromatic amines is 1. The van der Waals surface area contributed by atoms with Crippen molar-refractivity contribution in [3.63, 3.8) is 0 Å². The Labute approximate surface area is 195 Å². The van der Waals surface area contributed by atoms with E-state index in [1.54, 1.807) is 12.4 Å². The summed E-state index contributed by atoms with van der Waals surface area (Å²) in [7, 11) is 0. The number of imidazole rings is 1. The summed E-state index contributed by atoms with van der Waals surface area (Å²) in [6.45, 7) is 0. The molecule has 0 radical (unpaired) electrons. The Kier molecular flexibility index (Phi) is 5.96. The van der Waals surface area contributed by atoms with Crippen LogP contribution in [0.1, 0.15) is 32.1 Å². The number of halogens is 1. The molecule has 1 aliphatic carbocycles. The van der Waals surface area contributed by atoms with Gasteiger partial charge in [-0.3, -0.25) is 9.78 Å². The van der Waals surface area contributed by atoms with E-state index in [-0.39, 0.29) is 18.4 Å². The number of H-pyrrole nitrogens is 1. The zero-order valence-corrected chi connectivity index (χ0v) is 18.6. The summed E-state index contributed by atoms with van der Waals surface area (Å²) in [5.74, 6) is 0.856. The van der Waals surface area contributed by atoms with Gasteiger partial charge in [-0.05, 0) is 68.0 Å². The number of aromatic nitrogens is 4. The lowest BCUT2D eigenvalue weighted by molar-refractivity contribution is -0.138. The van der Waals surface area contributed by atoms with E-state index >= 15 is 0 Å². The molecule has 0 spiro atoms. The molecule has 0 aliphatic heterocycles. The molecule has 1 fully saturated rings. The van der Waals surface area contributed by atoms with Crippen LogP contribution in [0.15, 0.2) is 54.9 Å². The fraction of sp³-hybridized carbons (Fsp3) is 0.280. The summed E-state index contributed by atoms with van der Waals surface area (Å²) >= 11 is 6.06. The van der Waals surface area contributed by atoms with Crippen molar-refractivity contribution in [1.29, 1.82) is 0 Å². The maximum absolute atomic E-state index is 10.9. The number of ether oxygens (including phenoxy) is 1. The normalized spacial score (nSPS) is 18.3. The quantitative estimate of drug-likeness (QED) is 0.378. The van der Waals surface area contributed by atoms with E-state index < -0.39 is 5.97 Å². The van der Waals surface area contributed by atoms with Gasteiger partial charge < -0.3 is 14.8 Å². The Balaban J connectivity index is 1.22. The van der Waals surface area contributed by atoms with E-state index in [1.165, 1.54) is 0 Å². The van der Waals surface area contributed by atoms with Crippen molar-refractivity contribution in [2.45, 2.75) is 38.2 Å². The van der Waals surface area contributed by atoms with Gasteiger partial charge in [0.1, 0.15) is 11.9 Å². The van der Waals surface area contributed by atoms with E-state index in [2.05, 4.69) is 19.9 Å². The Morgan fingerprint density at radius 3 is 2.52 bits per heavy atom. The average Bonchev–Trinajstić information content (AvgIpc) is 3.24. The summed E-state index contributed by atoms with van der Waals surface area (Å²) in [6.07, 6.45) is 7.36. The third-order valence-corrected chi connectivity index (χ3v) is 6.29. The molecule has 5 rings (SSSR count). The average molecular weight is 463 g/mol. The number of carboxylic acid groups (broad SMARTS) is 1. The number of carbonyl (C=O) groups is 1. The van der Waals surface area contributed by atoms with Crippen molar-refractivity contribution in [2.24, 2.45) is 5.92 Å². The summed E-state index contributed by atoms with van der Waals surface area (Å²) in [4.78, 5) is 27.8. The van der Waals surface area contributed by atoms with Crippen LogP contribution >= 0.6 is 11.6 Å². The molecular formula is C25H23ClN4O3. The summed E-state index contributed by atoms with van der Waals surface area (Å²) in [5, 5.41) is 9.61. The van der Waals surface area contributed by atoms with Gasteiger partial charge >= 0.3 is 5.97 Å². The highest BCUT2D eigenvalue weighted by Gasteiger charge is 2.24. The minimum atomic E-state index is -0.722. The molecule has 0 amide bonds. The van der Waals surface area contributed by atoms with E-state index in [0.717, 1.165) is 59.4 Å². The third kappa shape index (κ3) is 4.98. The smallest absolute Gasteiger partial charge is 0.303 e. The number of carboxylic acids is 1. The number of nitrogens with one attached hydrogen (secondary N) is 1. The molecule has 0 bridgehead atoms. The maximum Gasteiger partial charge on any atom is 0.303 e. The van der Waals surface area contributed by atoms with Gasteiger partial charge in [0.25, 0.3) is 0 Å². The van der Waals surface area contributed by atoms with E-state index in [9.17, 15) is 4.79 Å². The molecule has 0 atom stereocenters. The number of nitrogens with zero attached hydrogens (tertiary/aromatic N) is 3. The fourth-order valence-electron chi connectivity index (χ4n) is 4.30. The van der Waals surface area contributed by atoms with Gasteiger partial charge in [-0.1, -0.05) is 11.6 Å². The minimum absolute atomic E-state index is 0.0875. The van der Waals surface area contributed by atoms with Crippen molar-refractivity contribution in [1.82, 2.24) is 19.9 Å². The predicted octanol–water partition coefficient (Wildman–Crippen LogP) is 5.75. The zero-order chi connectivity index (χ0) is 22.8. The third-order valence-electron chi connectivity index (χ3n) is 6.06. The van der Waals surface area contributed by atoms with Gasteiger partial charge in [0, 0.05) is 41.0 Å². The molecule has 3 aromatic heterocycles. The fourth-order valence-corrected chi connectivity index (χ4v) is 4.47. The summed E-state index contributed by atoms with van der Waals surface area (Å²) < 4.78 is 6.01. The van der Waals surface area contributed by atoms with Crippen molar-refractivity contribution in [3.05, 3.63) is 59.9 Å². The highest BCUT2D eigenvalue weighted by atomic mass is 35.5. The first-order valence-electron chi connectivity index (χ1n) is 11.0. The zero-order valence-electron chi connectivity index (χ0n) is 17.9. The first kappa shape index (κ1) is 21.4. The molecule has 33 heavy (non-hydrogen) atoms. The number of hydrogen-bond donors (Lipinski definition) is 2. The van der Waals surface area contributed by atoms with Crippen molar-refractivity contribution in [3.8, 4) is 28.5 Å². The second kappa shape index (κ2) is 9.19. The Bertz CT molecular complexity index is 1260. The number of pyridine rings is 2. The standard InChI is InChI=1S/C25H23ClN4O3/c26-18-5-9-21-22(12-18)30-25(29-21)17-3-8-20(27-14-17)16-4-10-23(28-13-16)33-19-6-1-15(2-7-19)11-24(31)32/h3-5,8-10,12-15,19H,1-2,6-7,11H2,(H,29,30)(H,31,32). The molecule has 2 N–H and O–H groups in total. The second-order valence-electron chi connectivity index (χ2n) is 8.42. The van der Waals surface area contributed by atoms with Gasteiger partial charge in [-0.15, -0.1) is 0 Å². The number of hydrogen-bond acceptors (Lipinski definition) is 5. The highest BCUT2D eigenvalue weighted by Crippen LogP contribution is 2.30. The SMILES string of the molecule is O=C(O)CC1CCC(Oc2ccc(-c3ccc(-c4nc5ccc(Cl)cc5[nH]4)cn3)cn2)CC1. The van der Waals surface area contributed by atoms with Crippen LogP contribution in [0.5, 0.6) is 5.88 Å². The number of benzene rings is 1. The van der Waals surface area contributed by atoms with E-state index in [4.69, 9.17) is 21.4 Å². The van der Waals surface area contributed by atoms with Crippen molar-refractivity contribution >= 4 is 28.6 Å². The lowest BCUT2D eigenvalue weighted by Gasteiger charge is -2.27. The monoisotopic (exact) mass is 462 g/mol. The van der Waals surface area contributed by atoms with Gasteiger partial charge in [-0.25, -0.2) is 9.97 Å². The molecular weight excluding hydrogens is 440 g/mol. The van der Waals surface area contributed by atoms with Crippen LogP contribution in [0.4, 0.5) is 0 Å².